The van der Waals surface area contributed by atoms with Crippen LogP contribution in [0.25, 0.3) is 0 Å². The van der Waals surface area contributed by atoms with Gasteiger partial charge >= 0.3 is 0 Å². The fourth-order valence-corrected chi connectivity index (χ4v) is 6.56. The van der Waals surface area contributed by atoms with Crippen LogP contribution in [0.1, 0.15) is 44.1 Å². The van der Waals surface area contributed by atoms with Gasteiger partial charge in [-0.2, -0.15) is 0 Å². The van der Waals surface area contributed by atoms with E-state index in [4.69, 9.17) is 0 Å². The van der Waals surface area contributed by atoms with Crippen molar-refractivity contribution in [2.24, 2.45) is 17.8 Å². The molecule has 0 unspecified atom stereocenters. The normalized spacial score (nSPS) is 38.4. The summed E-state index contributed by atoms with van der Waals surface area (Å²) in [6.07, 6.45) is 7.78. The Labute approximate surface area is 135 Å². The summed E-state index contributed by atoms with van der Waals surface area (Å²) in [4.78, 5) is 0. The SMILES string of the molecule is Oc1c(Br)cc(C23CC4CC(CC(C4)C2)C3)c(O)c1Br. The fourth-order valence-electron chi connectivity index (χ4n) is 5.44. The molecule has 0 aromatic heterocycles. The maximum absolute atomic E-state index is 10.5. The predicted molar refractivity (Wildman–Crippen MR) is 85.0 cm³/mol. The standard InChI is InChI=1S/C16H18Br2O2/c17-12-4-11(14(19)13(18)15(12)20)16-5-8-1-9(6-16)3-10(2-8)7-16/h4,8-10,19-20H,1-3,5-7H2. The van der Waals surface area contributed by atoms with Gasteiger partial charge in [-0.05, 0) is 99.6 Å². The van der Waals surface area contributed by atoms with Gasteiger partial charge in [0, 0.05) is 5.56 Å². The third-order valence-electron chi connectivity index (χ3n) is 5.78. The zero-order chi connectivity index (χ0) is 14.1. The molecule has 0 amide bonds. The van der Waals surface area contributed by atoms with E-state index in [1.807, 2.05) is 6.07 Å². The van der Waals surface area contributed by atoms with E-state index in [1.165, 1.54) is 38.5 Å². The molecule has 0 aliphatic heterocycles. The molecule has 1 aromatic carbocycles. The van der Waals surface area contributed by atoms with E-state index < -0.39 is 0 Å². The number of hydrogen-bond acceptors (Lipinski definition) is 2. The number of phenols is 2. The highest BCUT2D eigenvalue weighted by Gasteiger charge is 2.52. The second kappa shape index (κ2) is 4.39. The molecule has 108 valence electrons. The van der Waals surface area contributed by atoms with E-state index in [-0.39, 0.29) is 16.9 Å². The van der Waals surface area contributed by atoms with Gasteiger partial charge in [0.05, 0.1) is 4.47 Å². The zero-order valence-corrected chi connectivity index (χ0v) is 14.4. The summed E-state index contributed by atoms with van der Waals surface area (Å²) in [5.41, 5.74) is 1.17. The summed E-state index contributed by atoms with van der Waals surface area (Å²) in [5, 5.41) is 20.5. The fraction of sp³-hybridized carbons (Fsp3) is 0.625. The first-order valence-corrected chi connectivity index (χ1v) is 8.97. The van der Waals surface area contributed by atoms with Crippen molar-refractivity contribution < 1.29 is 10.2 Å². The summed E-state index contributed by atoms with van der Waals surface area (Å²) >= 11 is 6.75. The van der Waals surface area contributed by atoms with Gasteiger partial charge in [0.2, 0.25) is 0 Å². The molecule has 0 heterocycles. The van der Waals surface area contributed by atoms with Crippen LogP contribution in [0.3, 0.4) is 0 Å². The number of phenolic OH excluding ortho intramolecular Hbond substituents is 2. The quantitative estimate of drug-likeness (QED) is 0.687. The molecule has 4 saturated carbocycles. The van der Waals surface area contributed by atoms with E-state index in [9.17, 15) is 10.2 Å². The minimum absolute atomic E-state index is 0.0935. The summed E-state index contributed by atoms with van der Waals surface area (Å²) in [5.74, 6) is 2.86. The third kappa shape index (κ3) is 1.80. The van der Waals surface area contributed by atoms with E-state index >= 15 is 0 Å². The molecule has 4 fully saturated rings. The van der Waals surface area contributed by atoms with Crippen molar-refractivity contribution in [2.75, 3.05) is 0 Å². The van der Waals surface area contributed by atoms with Crippen LogP contribution in [0.15, 0.2) is 15.0 Å². The molecule has 0 radical (unpaired) electrons. The van der Waals surface area contributed by atoms with E-state index in [0.29, 0.717) is 8.95 Å². The number of hydrogen-bond donors (Lipinski definition) is 2. The first-order chi connectivity index (χ1) is 9.48. The summed E-state index contributed by atoms with van der Waals surface area (Å²) in [6, 6.07) is 1.95. The average molecular weight is 402 g/mol. The van der Waals surface area contributed by atoms with Crippen LogP contribution >= 0.6 is 31.9 Å². The van der Waals surface area contributed by atoms with Crippen LogP contribution < -0.4 is 0 Å². The van der Waals surface area contributed by atoms with Crippen molar-refractivity contribution in [3.63, 3.8) is 0 Å². The molecule has 4 heteroatoms. The highest BCUT2D eigenvalue weighted by molar-refractivity contribution is 9.11. The minimum Gasteiger partial charge on any atom is -0.506 e. The van der Waals surface area contributed by atoms with Gasteiger partial charge in [0.1, 0.15) is 16.0 Å². The Hall–Kier alpha value is -0.220. The highest BCUT2D eigenvalue weighted by Crippen LogP contribution is 2.63. The Morgan fingerprint density at radius 1 is 0.900 bits per heavy atom. The maximum Gasteiger partial charge on any atom is 0.147 e. The van der Waals surface area contributed by atoms with Gasteiger partial charge in [-0.1, -0.05) is 0 Å². The smallest absolute Gasteiger partial charge is 0.147 e. The second-order valence-corrected chi connectivity index (χ2v) is 8.76. The number of benzene rings is 1. The first kappa shape index (κ1) is 13.4. The van der Waals surface area contributed by atoms with E-state index in [0.717, 1.165) is 23.3 Å². The van der Waals surface area contributed by atoms with Gasteiger partial charge < -0.3 is 10.2 Å². The van der Waals surface area contributed by atoms with Crippen LogP contribution in [0, 0.1) is 17.8 Å². The average Bonchev–Trinajstić information content (AvgIpc) is 2.39. The van der Waals surface area contributed by atoms with Crippen LogP contribution in [-0.2, 0) is 5.41 Å². The number of rotatable bonds is 1. The maximum atomic E-state index is 10.5. The number of aromatic hydroxyl groups is 2. The van der Waals surface area contributed by atoms with Gasteiger partial charge in [-0.15, -0.1) is 0 Å². The number of halogens is 2. The lowest BCUT2D eigenvalue weighted by atomic mass is 9.48. The second-order valence-electron chi connectivity index (χ2n) is 7.12. The lowest BCUT2D eigenvalue weighted by molar-refractivity contribution is -0.00622. The molecular formula is C16H18Br2O2. The molecule has 1 aromatic rings. The lowest BCUT2D eigenvalue weighted by Crippen LogP contribution is -2.48. The molecule has 20 heavy (non-hydrogen) atoms. The Morgan fingerprint density at radius 2 is 1.40 bits per heavy atom. The van der Waals surface area contributed by atoms with Crippen molar-refractivity contribution in [3.8, 4) is 11.5 Å². The molecule has 0 spiro atoms. The zero-order valence-electron chi connectivity index (χ0n) is 11.2. The molecule has 2 nitrogen and oxygen atoms in total. The Bertz CT molecular complexity index is 547. The van der Waals surface area contributed by atoms with Crippen LogP contribution in [0.2, 0.25) is 0 Å². The van der Waals surface area contributed by atoms with E-state index in [1.54, 1.807) is 0 Å². The lowest BCUT2D eigenvalue weighted by Gasteiger charge is -2.57. The van der Waals surface area contributed by atoms with Crippen LogP contribution in [0.5, 0.6) is 11.5 Å². The van der Waals surface area contributed by atoms with Crippen molar-refractivity contribution in [2.45, 2.75) is 43.9 Å². The van der Waals surface area contributed by atoms with Crippen molar-refractivity contribution in [1.82, 2.24) is 0 Å². The topological polar surface area (TPSA) is 40.5 Å². The molecule has 4 bridgehead atoms. The van der Waals surface area contributed by atoms with Crippen molar-refractivity contribution in [3.05, 3.63) is 20.6 Å². The molecular weight excluding hydrogens is 384 g/mol. The molecule has 4 aliphatic carbocycles. The Balaban J connectivity index is 1.85. The predicted octanol–water partition coefficient (Wildman–Crippen LogP) is 5.09. The molecule has 0 atom stereocenters. The molecule has 5 rings (SSSR count). The molecule has 0 saturated heterocycles. The van der Waals surface area contributed by atoms with Gasteiger partial charge in [-0.3, -0.25) is 0 Å². The summed E-state index contributed by atoms with van der Waals surface area (Å²) < 4.78 is 1.10. The van der Waals surface area contributed by atoms with Crippen molar-refractivity contribution >= 4 is 31.9 Å². The summed E-state index contributed by atoms with van der Waals surface area (Å²) in [6.45, 7) is 0. The monoisotopic (exact) mass is 400 g/mol. The van der Waals surface area contributed by atoms with Crippen LogP contribution in [-0.4, -0.2) is 10.2 Å². The first-order valence-electron chi connectivity index (χ1n) is 7.39. The van der Waals surface area contributed by atoms with E-state index in [2.05, 4.69) is 31.9 Å². The van der Waals surface area contributed by atoms with Gasteiger partial charge in [-0.25, -0.2) is 0 Å². The van der Waals surface area contributed by atoms with Gasteiger partial charge in [0.25, 0.3) is 0 Å². The minimum atomic E-state index is 0.0935. The molecule has 4 aliphatic rings. The Kier molecular flexibility index (Phi) is 2.95. The largest absolute Gasteiger partial charge is 0.506 e. The van der Waals surface area contributed by atoms with Crippen LogP contribution in [0.4, 0.5) is 0 Å². The molecule has 2 N–H and O–H groups in total. The Morgan fingerprint density at radius 3 is 1.90 bits per heavy atom. The van der Waals surface area contributed by atoms with Gasteiger partial charge in [0.15, 0.2) is 0 Å². The third-order valence-corrected chi connectivity index (χ3v) is 7.13. The highest BCUT2D eigenvalue weighted by atomic mass is 79.9. The van der Waals surface area contributed by atoms with Crippen molar-refractivity contribution in [1.29, 1.82) is 0 Å². The summed E-state index contributed by atoms with van der Waals surface area (Å²) in [7, 11) is 0.